The maximum Gasteiger partial charge on any atom is 0.338 e. The number of esters is 2. The van der Waals surface area contributed by atoms with Crippen molar-refractivity contribution >= 4 is 11.9 Å². The van der Waals surface area contributed by atoms with E-state index in [1.54, 1.807) is 0 Å². The van der Waals surface area contributed by atoms with Crippen LogP contribution in [-0.4, -0.2) is 43.7 Å². The standard InChI is InChI=1S/C38H56O6/c1-6-41-34(39)26(3)12-10-11-25(2)29-15-16-30-33-31(17-18-37(29,30)5)36(4)19-20-38(42-21-22-43-38)24-28(36)23-32(33)44-35(40)27-13-8-7-9-14-27/h7-9,13-14,25-26,28-33H,6,10-12,15-24H2,1-5H3/t25-,26?,28+,29?,30?,31?,32?,33?,36?,37?/m1/s1. The summed E-state index contributed by atoms with van der Waals surface area (Å²) in [5, 5.41) is 0. The summed E-state index contributed by atoms with van der Waals surface area (Å²) in [7, 11) is 0. The summed E-state index contributed by atoms with van der Waals surface area (Å²) in [6.07, 6.45) is 11.9. The van der Waals surface area contributed by atoms with Crippen LogP contribution < -0.4 is 0 Å². The smallest absolute Gasteiger partial charge is 0.338 e. The third-order valence-corrected chi connectivity index (χ3v) is 13.5. The SMILES string of the molecule is CCOC(=O)C(C)CCC[C@@H](C)C1CCC2C3C(OC(=O)c4ccccc4)C[C@H]4CC5(CCC4(C)C3CCC21C)OCCO5. The second-order valence-corrected chi connectivity index (χ2v) is 15.6. The van der Waals surface area contributed by atoms with Crippen molar-refractivity contribution < 1.29 is 28.5 Å². The summed E-state index contributed by atoms with van der Waals surface area (Å²) in [6, 6.07) is 9.55. The normalized spacial score (nSPS) is 38.7. The number of rotatable bonds is 9. The Morgan fingerprint density at radius 3 is 2.39 bits per heavy atom. The van der Waals surface area contributed by atoms with E-state index in [0.717, 1.165) is 44.9 Å². The molecule has 244 valence electrons. The number of hydrogen-bond donors (Lipinski definition) is 0. The van der Waals surface area contributed by atoms with E-state index in [9.17, 15) is 9.59 Å². The van der Waals surface area contributed by atoms with E-state index in [0.29, 0.717) is 60.9 Å². The van der Waals surface area contributed by atoms with Crippen molar-refractivity contribution in [2.75, 3.05) is 19.8 Å². The van der Waals surface area contributed by atoms with Crippen molar-refractivity contribution in [2.24, 2.45) is 52.3 Å². The molecule has 5 aliphatic rings. The lowest BCUT2D eigenvalue weighted by Gasteiger charge is -2.63. The predicted molar refractivity (Wildman–Crippen MR) is 170 cm³/mol. The molecule has 8 unspecified atom stereocenters. The van der Waals surface area contributed by atoms with Gasteiger partial charge in [0.05, 0.1) is 31.3 Å². The molecule has 6 rings (SSSR count). The molecular weight excluding hydrogens is 552 g/mol. The highest BCUT2D eigenvalue weighted by atomic mass is 16.7. The van der Waals surface area contributed by atoms with Gasteiger partial charge in [-0.25, -0.2) is 4.79 Å². The average molecular weight is 609 g/mol. The van der Waals surface area contributed by atoms with Crippen molar-refractivity contribution in [3.05, 3.63) is 35.9 Å². The number of carbonyl (C=O) groups is 2. The maximum absolute atomic E-state index is 13.6. The molecule has 1 spiro atoms. The van der Waals surface area contributed by atoms with E-state index in [1.807, 2.05) is 44.2 Å². The van der Waals surface area contributed by atoms with E-state index < -0.39 is 5.79 Å². The summed E-state index contributed by atoms with van der Waals surface area (Å²) in [6.45, 7) is 13.3. The van der Waals surface area contributed by atoms with Gasteiger partial charge >= 0.3 is 11.9 Å². The Balaban J connectivity index is 1.21. The largest absolute Gasteiger partial charge is 0.466 e. The van der Waals surface area contributed by atoms with E-state index in [-0.39, 0.29) is 34.8 Å². The molecule has 6 nitrogen and oxygen atoms in total. The van der Waals surface area contributed by atoms with Crippen molar-refractivity contribution in [1.82, 2.24) is 0 Å². The van der Waals surface area contributed by atoms with Gasteiger partial charge in [0.15, 0.2) is 5.79 Å². The van der Waals surface area contributed by atoms with Gasteiger partial charge in [0.25, 0.3) is 0 Å². The van der Waals surface area contributed by atoms with Gasteiger partial charge in [0.2, 0.25) is 0 Å². The lowest BCUT2D eigenvalue weighted by Crippen LogP contribution is -2.60. The molecule has 0 aromatic heterocycles. The first kappa shape index (κ1) is 32.0. The van der Waals surface area contributed by atoms with Gasteiger partial charge in [-0.2, -0.15) is 0 Å². The Morgan fingerprint density at radius 1 is 0.932 bits per heavy atom. The monoisotopic (exact) mass is 608 g/mol. The van der Waals surface area contributed by atoms with E-state index >= 15 is 0 Å². The summed E-state index contributed by atoms with van der Waals surface area (Å²) in [4.78, 5) is 25.8. The lowest BCUT2D eigenvalue weighted by molar-refractivity contribution is -0.242. The van der Waals surface area contributed by atoms with Crippen molar-refractivity contribution in [3.63, 3.8) is 0 Å². The van der Waals surface area contributed by atoms with Gasteiger partial charge in [-0.15, -0.1) is 0 Å². The number of carbonyl (C=O) groups excluding carboxylic acids is 2. The fourth-order valence-corrected chi connectivity index (χ4v) is 11.1. The van der Waals surface area contributed by atoms with Crippen LogP contribution in [0.15, 0.2) is 30.3 Å². The number of ether oxygens (including phenoxy) is 4. The molecule has 1 heterocycles. The van der Waals surface area contributed by atoms with Gasteiger partial charge in [-0.1, -0.05) is 58.7 Å². The quantitative estimate of drug-likeness (QED) is 0.263. The van der Waals surface area contributed by atoms with Gasteiger partial charge in [0.1, 0.15) is 6.10 Å². The first-order valence-corrected chi connectivity index (χ1v) is 17.8. The molecule has 0 bridgehead atoms. The molecule has 0 radical (unpaired) electrons. The Bertz CT molecular complexity index is 1160. The molecule has 1 saturated heterocycles. The Kier molecular flexibility index (Phi) is 9.25. The van der Waals surface area contributed by atoms with Crippen LogP contribution in [0.4, 0.5) is 0 Å². The molecule has 0 amide bonds. The highest BCUT2D eigenvalue weighted by Crippen LogP contribution is 2.69. The van der Waals surface area contributed by atoms with Crippen molar-refractivity contribution in [2.45, 2.75) is 117 Å². The topological polar surface area (TPSA) is 71.1 Å². The first-order chi connectivity index (χ1) is 21.1. The van der Waals surface area contributed by atoms with E-state index in [2.05, 4.69) is 20.8 Å². The molecule has 1 aromatic rings. The van der Waals surface area contributed by atoms with Crippen LogP contribution in [0, 0.1) is 52.3 Å². The fourth-order valence-electron chi connectivity index (χ4n) is 11.1. The summed E-state index contributed by atoms with van der Waals surface area (Å²) >= 11 is 0. The van der Waals surface area contributed by atoms with E-state index in [1.165, 1.54) is 25.7 Å². The number of benzene rings is 1. The average Bonchev–Trinajstić information content (AvgIpc) is 3.62. The maximum atomic E-state index is 13.6. The van der Waals surface area contributed by atoms with Gasteiger partial charge in [0, 0.05) is 18.8 Å². The molecule has 4 saturated carbocycles. The number of hydrogen-bond acceptors (Lipinski definition) is 6. The Hall–Kier alpha value is -1.92. The Morgan fingerprint density at radius 2 is 1.66 bits per heavy atom. The summed E-state index contributed by atoms with van der Waals surface area (Å²) in [5.74, 6) is 2.49. The van der Waals surface area contributed by atoms with Gasteiger partial charge in [-0.05, 0) is 104 Å². The van der Waals surface area contributed by atoms with Crippen LogP contribution in [0.3, 0.4) is 0 Å². The zero-order valence-electron chi connectivity index (χ0n) is 27.9. The molecule has 1 aromatic carbocycles. The highest BCUT2D eigenvalue weighted by molar-refractivity contribution is 5.89. The zero-order chi connectivity index (χ0) is 31.1. The molecular formula is C38H56O6. The third kappa shape index (κ3) is 5.76. The molecule has 4 aliphatic carbocycles. The minimum atomic E-state index is -0.438. The minimum Gasteiger partial charge on any atom is -0.466 e. The fraction of sp³-hybridized carbons (Fsp3) is 0.789. The summed E-state index contributed by atoms with van der Waals surface area (Å²) in [5.41, 5.74) is 1.12. The third-order valence-electron chi connectivity index (χ3n) is 13.5. The van der Waals surface area contributed by atoms with Crippen molar-refractivity contribution in [1.29, 1.82) is 0 Å². The minimum absolute atomic E-state index is 0.0323. The second kappa shape index (κ2) is 12.7. The van der Waals surface area contributed by atoms with Gasteiger partial charge < -0.3 is 18.9 Å². The molecule has 0 N–H and O–H groups in total. The predicted octanol–water partition coefficient (Wildman–Crippen LogP) is 8.23. The number of fused-ring (bicyclic) bond motifs is 5. The second-order valence-electron chi connectivity index (χ2n) is 15.6. The molecule has 5 fully saturated rings. The van der Waals surface area contributed by atoms with E-state index in [4.69, 9.17) is 18.9 Å². The lowest BCUT2D eigenvalue weighted by atomic mass is 9.43. The summed E-state index contributed by atoms with van der Waals surface area (Å²) < 4.78 is 24.3. The molecule has 6 heteroatoms. The highest BCUT2D eigenvalue weighted by Gasteiger charge is 2.65. The first-order valence-electron chi connectivity index (χ1n) is 17.8. The van der Waals surface area contributed by atoms with Gasteiger partial charge in [-0.3, -0.25) is 4.79 Å². The molecule has 1 aliphatic heterocycles. The molecule has 10 atom stereocenters. The van der Waals surface area contributed by atoms with Crippen LogP contribution in [-0.2, 0) is 23.7 Å². The van der Waals surface area contributed by atoms with Crippen LogP contribution in [0.25, 0.3) is 0 Å². The molecule has 44 heavy (non-hydrogen) atoms. The van der Waals surface area contributed by atoms with Crippen LogP contribution in [0.1, 0.15) is 116 Å². The van der Waals surface area contributed by atoms with Crippen LogP contribution in [0.2, 0.25) is 0 Å². The van der Waals surface area contributed by atoms with Crippen molar-refractivity contribution in [3.8, 4) is 0 Å². The van der Waals surface area contributed by atoms with Crippen LogP contribution >= 0.6 is 0 Å². The van der Waals surface area contributed by atoms with Crippen LogP contribution in [0.5, 0.6) is 0 Å². The Labute approximate surface area is 265 Å². The zero-order valence-corrected chi connectivity index (χ0v) is 27.9.